The van der Waals surface area contributed by atoms with Crippen LogP contribution in [0.4, 0.5) is 13.2 Å². The molecule has 3 aromatic carbocycles. The third-order valence-electron chi connectivity index (χ3n) is 7.02. The highest BCUT2D eigenvalue weighted by Crippen LogP contribution is 2.27. The predicted molar refractivity (Wildman–Crippen MR) is 144 cm³/mol. The van der Waals surface area contributed by atoms with Crippen molar-refractivity contribution >= 4 is 17.0 Å². The molecule has 1 aliphatic rings. The molecule has 1 aliphatic heterocycles. The summed E-state index contributed by atoms with van der Waals surface area (Å²) in [6.45, 7) is 1.18. The summed E-state index contributed by atoms with van der Waals surface area (Å²) in [6, 6.07) is 18.1. The molecule has 3 heterocycles. The Bertz CT molecular complexity index is 1770. The summed E-state index contributed by atoms with van der Waals surface area (Å²) < 4.78 is 55.2. The highest BCUT2D eigenvalue weighted by Gasteiger charge is 2.23. The van der Waals surface area contributed by atoms with Crippen molar-refractivity contribution in [2.45, 2.75) is 32.1 Å². The number of carbonyl (C=O) groups is 1. The number of halogens is 3. The molecule has 0 saturated carbocycles. The van der Waals surface area contributed by atoms with Gasteiger partial charge in [-0.3, -0.25) is 0 Å². The molecule has 1 N–H and O–H groups in total. The molecule has 6 rings (SSSR count). The first-order valence-electron chi connectivity index (χ1n) is 13.0. The molecule has 0 unspecified atom stereocenters. The lowest BCUT2D eigenvalue weighted by Crippen LogP contribution is -2.31. The Hall–Kier alpha value is -4.70. The quantitative estimate of drug-likeness (QED) is 0.232. The van der Waals surface area contributed by atoms with Gasteiger partial charge in [0.15, 0.2) is 11.6 Å². The highest BCUT2D eigenvalue weighted by molar-refractivity contribution is 5.92. The van der Waals surface area contributed by atoms with E-state index in [-0.39, 0.29) is 29.7 Å². The van der Waals surface area contributed by atoms with Gasteiger partial charge in [-0.15, -0.1) is 0 Å². The lowest BCUT2D eigenvalue weighted by atomic mass is 10.1. The van der Waals surface area contributed by atoms with Gasteiger partial charge in [-0.25, -0.2) is 27.9 Å². The van der Waals surface area contributed by atoms with Crippen molar-refractivity contribution < 1.29 is 32.5 Å². The second-order valence-electron chi connectivity index (χ2n) is 9.82. The van der Waals surface area contributed by atoms with E-state index in [2.05, 4.69) is 4.98 Å². The Morgan fingerprint density at radius 2 is 1.76 bits per heavy atom. The van der Waals surface area contributed by atoms with Gasteiger partial charge in [-0.2, -0.15) is 0 Å². The van der Waals surface area contributed by atoms with Crippen molar-refractivity contribution in [3.63, 3.8) is 0 Å². The van der Waals surface area contributed by atoms with Crippen molar-refractivity contribution in [3.8, 4) is 17.1 Å². The average Bonchev–Trinajstić information content (AvgIpc) is 3.27. The van der Waals surface area contributed by atoms with Gasteiger partial charge in [-0.05, 0) is 66.1 Å². The molecule has 0 spiro atoms. The molecule has 1 fully saturated rings. The van der Waals surface area contributed by atoms with E-state index in [4.69, 9.17) is 14.5 Å². The zero-order valence-electron chi connectivity index (χ0n) is 21.7. The van der Waals surface area contributed by atoms with Crippen molar-refractivity contribution in [2.24, 2.45) is 0 Å². The monoisotopic (exact) mass is 559 g/mol. The Balaban J connectivity index is 1.23. The standard InChI is InChI=1S/C31H24F3N3O4/c32-23-8-5-19(13-25(23)34)17-41-30-3-1-2-26(36-30)22-7-4-18(12-24(22)33)14-29-35-27-9-6-20(31(38)39)15-28(27)37(29)16-21-10-11-40-21/h1-9,12-13,15,21H,10-11,14,16-17H2,(H,38,39)/t21-/m0/s1. The lowest BCUT2D eigenvalue weighted by molar-refractivity contribution is -0.0589. The van der Waals surface area contributed by atoms with Gasteiger partial charge in [0.1, 0.15) is 18.2 Å². The van der Waals surface area contributed by atoms with Crippen LogP contribution in [0.5, 0.6) is 5.88 Å². The van der Waals surface area contributed by atoms with E-state index in [1.165, 1.54) is 18.2 Å². The van der Waals surface area contributed by atoms with Crippen LogP contribution in [-0.4, -0.2) is 38.3 Å². The van der Waals surface area contributed by atoms with Crippen LogP contribution in [0.2, 0.25) is 0 Å². The first-order valence-corrected chi connectivity index (χ1v) is 13.0. The summed E-state index contributed by atoms with van der Waals surface area (Å²) in [4.78, 5) is 20.6. The van der Waals surface area contributed by atoms with E-state index in [9.17, 15) is 18.7 Å². The number of nitrogens with zero attached hydrogens (tertiary/aromatic N) is 3. The number of fused-ring (bicyclic) bond motifs is 1. The topological polar surface area (TPSA) is 86.5 Å². The van der Waals surface area contributed by atoms with E-state index < -0.39 is 23.4 Å². The van der Waals surface area contributed by atoms with Crippen LogP contribution in [0.25, 0.3) is 22.3 Å². The fraction of sp³-hybridized carbons (Fsp3) is 0.194. The first-order chi connectivity index (χ1) is 19.8. The van der Waals surface area contributed by atoms with E-state index >= 15 is 4.39 Å². The van der Waals surface area contributed by atoms with Crippen LogP contribution < -0.4 is 4.74 Å². The minimum atomic E-state index is -1.02. The molecular weight excluding hydrogens is 535 g/mol. The normalized spacial score (nSPS) is 14.7. The molecule has 41 heavy (non-hydrogen) atoms. The van der Waals surface area contributed by atoms with E-state index in [0.717, 1.165) is 18.6 Å². The van der Waals surface area contributed by atoms with Crippen LogP contribution in [0.1, 0.15) is 33.7 Å². The zero-order chi connectivity index (χ0) is 28.5. The minimum Gasteiger partial charge on any atom is -0.478 e. The van der Waals surface area contributed by atoms with Crippen LogP contribution in [0.15, 0.2) is 72.8 Å². The largest absolute Gasteiger partial charge is 0.478 e. The highest BCUT2D eigenvalue weighted by atomic mass is 19.2. The second-order valence-corrected chi connectivity index (χ2v) is 9.82. The van der Waals surface area contributed by atoms with Gasteiger partial charge in [0.05, 0.1) is 34.9 Å². The van der Waals surface area contributed by atoms with Crippen molar-refractivity contribution in [2.75, 3.05) is 6.61 Å². The Kier molecular flexibility index (Phi) is 7.15. The Morgan fingerprint density at radius 1 is 0.951 bits per heavy atom. The van der Waals surface area contributed by atoms with Gasteiger partial charge in [0.2, 0.25) is 5.88 Å². The number of pyridine rings is 1. The van der Waals surface area contributed by atoms with E-state index in [1.807, 2.05) is 4.57 Å². The van der Waals surface area contributed by atoms with E-state index in [1.54, 1.807) is 42.5 Å². The molecule has 0 radical (unpaired) electrons. The van der Waals surface area contributed by atoms with Crippen molar-refractivity contribution in [1.29, 1.82) is 0 Å². The molecule has 7 nitrogen and oxygen atoms in total. The molecular formula is C31H24F3N3O4. The Labute approximate surface area is 232 Å². The molecule has 1 saturated heterocycles. The van der Waals surface area contributed by atoms with Crippen LogP contribution in [0, 0.1) is 17.5 Å². The van der Waals surface area contributed by atoms with Gasteiger partial charge < -0.3 is 19.1 Å². The fourth-order valence-corrected chi connectivity index (χ4v) is 4.77. The van der Waals surface area contributed by atoms with Gasteiger partial charge in [0.25, 0.3) is 0 Å². The Morgan fingerprint density at radius 3 is 2.49 bits per heavy atom. The molecule has 208 valence electrons. The number of aromatic carboxylic acids is 1. The van der Waals surface area contributed by atoms with Crippen LogP contribution in [0.3, 0.4) is 0 Å². The summed E-state index contributed by atoms with van der Waals surface area (Å²) in [5, 5.41) is 9.45. The third-order valence-corrected chi connectivity index (χ3v) is 7.02. The van der Waals surface area contributed by atoms with Crippen LogP contribution >= 0.6 is 0 Å². The van der Waals surface area contributed by atoms with Gasteiger partial charge in [0, 0.05) is 24.7 Å². The maximum atomic E-state index is 15.4. The van der Waals surface area contributed by atoms with Gasteiger partial charge >= 0.3 is 5.97 Å². The lowest BCUT2D eigenvalue weighted by Gasteiger charge is -2.27. The number of hydrogen-bond acceptors (Lipinski definition) is 5. The minimum absolute atomic E-state index is 0.0152. The number of aromatic nitrogens is 3. The zero-order valence-corrected chi connectivity index (χ0v) is 21.7. The number of imidazole rings is 1. The second kappa shape index (κ2) is 11.1. The number of carboxylic acids is 1. The fourth-order valence-electron chi connectivity index (χ4n) is 4.77. The molecule has 2 aromatic heterocycles. The summed E-state index contributed by atoms with van der Waals surface area (Å²) in [5.41, 5.74) is 3.26. The number of benzene rings is 3. The molecule has 0 aliphatic carbocycles. The molecule has 5 aromatic rings. The average molecular weight is 560 g/mol. The summed E-state index contributed by atoms with van der Waals surface area (Å²) in [7, 11) is 0. The summed E-state index contributed by atoms with van der Waals surface area (Å²) in [5.74, 6) is -2.52. The third kappa shape index (κ3) is 5.64. The van der Waals surface area contributed by atoms with Crippen LogP contribution in [-0.2, 0) is 24.3 Å². The molecule has 0 bridgehead atoms. The van der Waals surface area contributed by atoms with Gasteiger partial charge in [-0.1, -0.05) is 18.2 Å². The molecule has 1 atom stereocenters. The number of hydrogen-bond donors (Lipinski definition) is 1. The summed E-state index contributed by atoms with van der Waals surface area (Å²) >= 11 is 0. The summed E-state index contributed by atoms with van der Waals surface area (Å²) in [6.07, 6.45) is 1.24. The van der Waals surface area contributed by atoms with Crippen molar-refractivity contribution in [3.05, 3.63) is 113 Å². The van der Waals surface area contributed by atoms with Crippen molar-refractivity contribution in [1.82, 2.24) is 14.5 Å². The first kappa shape index (κ1) is 26.5. The SMILES string of the molecule is O=C(O)c1ccc2nc(Cc3ccc(-c4cccc(OCc5ccc(F)c(F)c5)n4)c(F)c3)n(C[C@@H]3CCO3)c2c1. The number of rotatable bonds is 9. The number of ether oxygens (including phenoxy) is 2. The maximum Gasteiger partial charge on any atom is 0.335 e. The predicted octanol–water partition coefficient (Wildman–Crippen LogP) is 6.17. The molecule has 10 heteroatoms. The molecule has 0 amide bonds. The van der Waals surface area contributed by atoms with E-state index in [0.29, 0.717) is 53.3 Å². The number of carboxylic acid groups (broad SMARTS) is 1. The smallest absolute Gasteiger partial charge is 0.335 e. The maximum absolute atomic E-state index is 15.4.